The zero-order chi connectivity index (χ0) is 19.2. The first-order valence-corrected chi connectivity index (χ1v) is 9.59. The molecule has 3 rings (SSSR count). The number of thiophene rings is 1. The van der Waals surface area contributed by atoms with Crippen molar-refractivity contribution in [2.24, 2.45) is 0 Å². The van der Waals surface area contributed by atoms with E-state index in [9.17, 15) is 9.59 Å². The second kappa shape index (κ2) is 8.73. The maximum atomic E-state index is 12.7. The van der Waals surface area contributed by atoms with Crippen molar-refractivity contribution in [2.75, 3.05) is 20.2 Å². The van der Waals surface area contributed by atoms with Gasteiger partial charge in [0.2, 0.25) is 11.8 Å². The molecular formula is C20H22N2O4S. The number of carbonyl (C=O) groups is 2. The molecule has 0 saturated heterocycles. The molecule has 3 aromatic rings. The van der Waals surface area contributed by atoms with E-state index in [1.165, 1.54) is 0 Å². The number of ether oxygens (including phenoxy) is 1. The summed E-state index contributed by atoms with van der Waals surface area (Å²) in [6, 6.07) is 9.41. The van der Waals surface area contributed by atoms with Crippen LogP contribution in [-0.2, 0) is 22.6 Å². The lowest BCUT2D eigenvalue weighted by Gasteiger charge is -2.20. The van der Waals surface area contributed by atoms with E-state index in [0.29, 0.717) is 24.4 Å². The van der Waals surface area contributed by atoms with Gasteiger partial charge in [0.15, 0.2) is 0 Å². The molecule has 6 nitrogen and oxygen atoms in total. The van der Waals surface area contributed by atoms with Crippen molar-refractivity contribution < 1.29 is 18.7 Å². The average molecular weight is 386 g/mol. The van der Waals surface area contributed by atoms with Crippen LogP contribution in [0.5, 0.6) is 5.75 Å². The summed E-state index contributed by atoms with van der Waals surface area (Å²) < 4.78 is 10.7. The first kappa shape index (κ1) is 19.0. The molecule has 0 aliphatic rings. The molecule has 0 radical (unpaired) electrons. The average Bonchev–Trinajstić information content (AvgIpc) is 3.34. The SMILES string of the molecule is CCN(CC(=O)NCc1cccs1)C(=O)Cc1coc2cc(OC)ccc12. The highest BCUT2D eigenvalue weighted by atomic mass is 32.1. The smallest absolute Gasteiger partial charge is 0.239 e. The monoisotopic (exact) mass is 386 g/mol. The Labute approximate surface area is 161 Å². The minimum absolute atomic E-state index is 0.0459. The highest BCUT2D eigenvalue weighted by Crippen LogP contribution is 2.26. The van der Waals surface area contributed by atoms with E-state index in [2.05, 4.69) is 5.32 Å². The van der Waals surface area contributed by atoms with Crippen molar-refractivity contribution in [3.05, 3.63) is 52.4 Å². The lowest BCUT2D eigenvalue weighted by Crippen LogP contribution is -2.41. The van der Waals surface area contributed by atoms with Gasteiger partial charge in [-0.2, -0.15) is 0 Å². The molecule has 1 N–H and O–H groups in total. The van der Waals surface area contributed by atoms with E-state index >= 15 is 0 Å². The van der Waals surface area contributed by atoms with Gasteiger partial charge in [-0.25, -0.2) is 0 Å². The van der Waals surface area contributed by atoms with Gasteiger partial charge in [0.1, 0.15) is 11.3 Å². The third-order valence-electron chi connectivity index (χ3n) is 4.31. The molecule has 0 unspecified atom stereocenters. The summed E-state index contributed by atoms with van der Waals surface area (Å²) >= 11 is 1.59. The summed E-state index contributed by atoms with van der Waals surface area (Å²) in [7, 11) is 1.59. The summed E-state index contributed by atoms with van der Waals surface area (Å²) in [6.07, 6.45) is 1.78. The molecule has 0 aliphatic heterocycles. The molecule has 7 heteroatoms. The fraction of sp³-hybridized carbons (Fsp3) is 0.300. The molecule has 1 aromatic carbocycles. The molecule has 0 aliphatic carbocycles. The van der Waals surface area contributed by atoms with Gasteiger partial charge in [0.25, 0.3) is 0 Å². The number of furan rings is 1. The molecule has 142 valence electrons. The molecule has 0 spiro atoms. The number of benzene rings is 1. The highest BCUT2D eigenvalue weighted by Gasteiger charge is 2.18. The van der Waals surface area contributed by atoms with Crippen LogP contribution in [0, 0.1) is 0 Å². The Morgan fingerprint density at radius 3 is 2.85 bits per heavy atom. The van der Waals surface area contributed by atoms with Crippen molar-refractivity contribution in [1.82, 2.24) is 10.2 Å². The van der Waals surface area contributed by atoms with Crippen LogP contribution in [0.4, 0.5) is 0 Å². The lowest BCUT2D eigenvalue weighted by atomic mass is 10.1. The summed E-state index contributed by atoms with van der Waals surface area (Å²) in [4.78, 5) is 27.5. The summed E-state index contributed by atoms with van der Waals surface area (Å²) in [5, 5.41) is 5.69. The van der Waals surface area contributed by atoms with E-state index in [1.807, 2.05) is 36.6 Å². The van der Waals surface area contributed by atoms with E-state index in [-0.39, 0.29) is 24.8 Å². The second-order valence-corrected chi connectivity index (χ2v) is 7.10. The second-order valence-electron chi connectivity index (χ2n) is 6.06. The van der Waals surface area contributed by atoms with Crippen molar-refractivity contribution >= 4 is 34.1 Å². The Hall–Kier alpha value is -2.80. The molecule has 0 bridgehead atoms. The van der Waals surface area contributed by atoms with Crippen LogP contribution in [0.25, 0.3) is 11.0 Å². The number of likely N-dealkylation sites (N-methyl/N-ethyl adjacent to an activating group) is 1. The van der Waals surface area contributed by atoms with Gasteiger partial charge in [-0.15, -0.1) is 11.3 Å². The van der Waals surface area contributed by atoms with Gasteiger partial charge in [-0.05, 0) is 30.5 Å². The third-order valence-corrected chi connectivity index (χ3v) is 5.19. The Morgan fingerprint density at radius 2 is 2.15 bits per heavy atom. The van der Waals surface area contributed by atoms with Gasteiger partial charge in [0.05, 0.1) is 32.9 Å². The zero-order valence-corrected chi connectivity index (χ0v) is 16.2. The Morgan fingerprint density at radius 1 is 1.30 bits per heavy atom. The van der Waals surface area contributed by atoms with Gasteiger partial charge >= 0.3 is 0 Å². The summed E-state index contributed by atoms with van der Waals surface area (Å²) in [5.41, 5.74) is 1.48. The first-order chi connectivity index (χ1) is 13.1. The quantitative estimate of drug-likeness (QED) is 0.645. The van der Waals surface area contributed by atoms with Crippen LogP contribution in [0.15, 0.2) is 46.4 Å². The Bertz CT molecular complexity index is 917. The number of amides is 2. The Balaban J connectivity index is 1.60. The molecular weight excluding hydrogens is 364 g/mol. The van der Waals surface area contributed by atoms with Crippen LogP contribution in [0.3, 0.4) is 0 Å². The van der Waals surface area contributed by atoms with Crippen molar-refractivity contribution in [1.29, 1.82) is 0 Å². The molecule has 0 saturated carbocycles. The number of nitrogens with zero attached hydrogens (tertiary/aromatic N) is 1. The van der Waals surface area contributed by atoms with Crippen LogP contribution in [0.1, 0.15) is 17.4 Å². The number of methoxy groups -OCH3 is 1. The maximum absolute atomic E-state index is 12.7. The standard InChI is InChI=1S/C20H22N2O4S/c1-3-22(12-19(23)21-11-16-5-4-8-27-16)20(24)9-14-13-26-18-10-15(25-2)6-7-17(14)18/h4-8,10,13H,3,9,11-12H2,1-2H3,(H,21,23). The van der Waals surface area contributed by atoms with Gasteiger partial charge in [-0.3, -0.25) is 9.59 Å². The maximum Gasteiger partial charge on any atom is 0.239 e. The zero-order valence-electron chi connectivity index (χ0n) is 15.4. The van der Waals surface area contributed by atoms with Gasteiger partial charge < -0.3 is 19.4 Å². The van der Waals surface area contributed by atoms with Crippen molar-refractivity contribution in [3.63, 3.8) is 0 Å². The molecule has 27 heavy (non-hydrogen) atoms. The first-order valence-electron chi connectivity index (χ1n) is 8.71. The summed E-state index contributed by atoms with van der Waals surface area (Å²) in [5.74, 6) is 0.426. The van der Waals surface area contributed by atoms with E-state index in [4.69, 9.17) is 9.15 Å². The predicted octanol–water partition coefficient (Wildman–Crippen LogP) is 3.21. The van der Waals surface area contributed by atoms with Crippen molar-refractivity contribution in [2.45, 2.75) is 19.9 Å². The molecule has 0 fully saturated rings. The normalized spacial score (nSPS) is 10.7. The molecule has 2 amide bonds. The largest absolute Gasteiger partial charge is 0.497 e. The number of fused-ring (bicyclic) bond motifs is 1. The molecule has 2 heterocycles. The number of hydrogen-bond donors (Lipinski definition) is 1. The van der Waals surface area contributed by atoms with E-state index in [1.54, 1.807) is 35.7 Å². The lowest BCUT2D eigenvalue weighted by molar-refractivity contribution is -0.135. The van der Waals surface area contributed by atoms with E-state index < -0.39 is 0 Å². The van der Waals surface area contributed by atoms with Crippen LogP contribution >= 0.6 is 11.3 Å². The van der Waals surface area contributed by atoms with E-state index in [0.717, 1.165) is 15.8 Å². The predicted molar refractivity (Wildman–Crippen MR) is 105 cm³/mol. The van der Waals surface area contributed by atoms with Crippen LogP contribution in [0.2, 0.25) is 0 Å². The molecule has 2 aromatic heterocycles. The topological polar surface area (TPSA) is 71.8 Å². The van der Waals surface area contributed by atoms with Gasteiger partial charge in [-0.1, -0.05) is 6.07 Å². The number of carbonyl (C=O) groups excluding carboxylic acids is 2. The molecule has 0 atom stereocenters. The third kappa shape index (κ3) is 4.68. The van der Waals surface area contributed by atoms with Crippen LogP contribution in [-0.4, -0.2) is 36.9 Å². The number of nitrogens with one attached hydrogen (secondary N) is 1. The van der Waals surface area contributed by atoms with Crippen molar-refractivity contribution in [3.8, 4) is 5.75 Å². The fourth-order valence-electron chi connectivity index (χ4n) is 2.81. The van der Waals surface area contributed by atoms with Crippen LogP contribution < -0.4 is 10.1 Å². The Kier molecular flexibility index (Phi) is 6.13. The van der Waals surface area contributed by atoms with Gasteiger partial charge in [0, 0.05) is 28.4 Å². The highest BCUT2D eigenvalue weighted by molar-refractivity contribution is 7.09. The minimum Gasteiger partial charge on any atom is -0.497 e. The number of hydrogen-bond acceptors (Lipinski definition) is 5. The fourth-order valence-corrected chi connectivity index (χ4v) is 3.45. The summed E-state index contributed by atoms with van der Waals surface area (Å²) in [6.45, 7) is 2.86. The minimum atomic E-state index is -0.166. The number of rotatable bonds is 8.